The van der Waals surface area contributed by atoms with Crippen molar-refractivity contribution in [2.24, 2.45) is 5.84 Å². The van der Waals surface area contributed by atoms with Gasteiger partial charge in [-0.2, -0.15) is 5.10 Å². The Bertz CT molecular complexity index is 589. The number of hydrogen-bond acceptors (Lipinski definition) is 3. The van der Waals surface area contributed by atoms with Crippen LogP contribution in [-0.2, 0) is 19.4 Å². The summed E-state index contributed by atoms with van der Waals surface area (Å²) >= 11 is 0. The SMILES string of the molecule is CCc1cc(CC(NN)c2cc(F)cc(F)c2)n(CC)n1. The molecular weight excluding hydrogens is 274 g/mol. The Morgan fingerprint density at radius 1 is 1.19 bits per heavy atom. The van der Waals surface area contributed by atoms with Crippen LogP contribution in [0, 0.1) is 11.6 Å². The topological polar surface area (TPSA) is 55.9 Å². The Balaban J connectivity index is 2.28. The van der Waals surface area contributed by atoms with E-state index in [1.54, 1.807) is 0 Å². The van der Waals surface area contributed by atoms with E-state index in [-0.39, 0.29) is 6.04 Å². The number of aromatic nitrogens is 2. The number of nitrogens with two attached hydrogens (primary N) is 1. The minimum absolute atomic E-state index is 0.373. The maximum atomic E-state index is 13.3. The van der Waals surface area contributed by atoms with Gasteiger partial charge in [0.2, 0.25) is 0 Å². The molecule has 0 aliphatic heterocycles. The fourth-order valence-electron chi connectivity index (χ4n) is 2.38. The highest BCUT2D eigenvalue weighted by Gasteiger charge is 2.16. The van der Waals surface area contributed by atoms with Crippen LogP contribution in [0.15, 0.2) is 24.3 Å². The van der Waals surface area contributed by atoms with Gasteiger partial charge in [-0.15, -0.1) is 0 Å². The number of hydrazine groups is 1. The van der Waals surface area contributed by atoms with E-state index in [0.29, 0.717) is 12.0 Å². The third-order valence-electron chi connectivity index (χ3n) is 3.48. The van der Waals surface area contributed by atoms with Gasteiger partial charge in [0.05, 0.1) is 11.7 Å². The summed E-state index contributed by atoms with van der Waals surface area (Å²) < 4.78 is 28.6. The van der Waals surface area contributed by atoms with Gasteiger partial charge in [-0.25, -0.2) is 8.78 Å². The lowest BCUT2D eigenvalue weighted by atomic mass is 10.0. The van der Waals surface area contributed by atoms with E-state index >= 15 is 0 Å². The normalized spacial score (nSPS) is 12.6. The number of aryl methyl sites for hydroxylation is 2. The minimum Gasteiger partial charge on any atom is -0.271 e. The summed E-state index contributed by atoms with van der Waals surface area (Å²) in [5, 5.41) is 4.46. The molecule has 0 spiro atoms. The summed E-state index contributed by atoms with van der Waals surface area (Å²) in [6.45, 7) is 4.78. The molecule has 21 heavy (non-hydrogen) atoms. The van der Waals surface area contributed by atoms with Crippen molar-refractivity contribution in [1.82, 2.24) is 15.2 Å². The number of nitrogens with one attached hydrogen (secondary N) is 1. The molecule has 1 heterocycles. The number of halogens is 2. The second kappa shape index (κ2) is 6.78. The van der Waals surface area contributed by atoms with Gasteiger partial charge in [0.25, 0.3) is 0 Å². The summed E-state index contributed by atoms with van der Waals surface area (Å²) in [5.74, 6) is 4.34. The Kier molecular flexibility index (Phi) is 5.03. The minimum atomic E-state index is -0.608. The van der Waals surface area contributed by atoms with Gasteiger partial charge in [-0.3, -0.25) is 16.0 Å². The van der Waals surface area contributed by atoms with Crippen LogP contribution in [0.3, 0.4) is 0 Å². The van der Waals surface area contributed by atoms with Gasteiger partial charge in [-0.1, -0.05) is 6.92 Å². The van der Waals surface area contributed by atoms with Crippen LogP contribution in [-0.4, -0.2) is 9.78 Å². The zero-order chi connectivity index (χ0) is 15.4. The molecule has 2 rings (SSSR count). The molecule has 1 atom stereocenters. The van der Waals surface area contributed by atoms with Crippen molar-refractivity contribution < 1.29 is 8.78 Å². The first-order valence-electron chi connectivity index (χ1n) is 7.05. The van der Waals surface area contributed by atoms with Crippen LogP contribution in [0.25, 0.3) is 0 Å². The molecule has 0 aliphatic rings. The fourth-order valence-corrected chi connectivity index (χ4v) is 2.38. The van der Waals surface area contributed by atoms with Crippen LogP contribution in [0.4, 0.5) is 8.78 Å². The molecule has 114 valence electrons. The third-order valence-corrected chi connectivity index (χ3v) is 3.48. The second-order valence-corrected chi connectivity index (χ2v) is 4.92. The highest BCUT2D eigenvalue weighted by Crippen LogP contribution is 2.21. The Labute approximate surface area is 122 Å². The molecule has 0 aliphatic carbocycles. The smallest absolute Gasteiger partial charge is 0.126 e. The lowest BCUT2D eigenvalue weighted by molar-refractivity contribution is 0.506. The number of hydrogen-bond donors (Lipinski definition) is 2. The van der Waals surface area contributed by atoms with Crippen molar-refractivity contribution in [1.29, 1.82) is 0 Å². The van der Waals surface area contributed by atoms with Crippen molar-refractivity contribution in [2.75, 3.05) is 0 Å². The van der Waals surface area contributed by atoms with Gasteiger partial charge < -0.3 is 0 Å². The molecule has 1 aromatic heterocycles. The maximum Gasteiger partial charge on any atom is 0.126 e. The fraction of sp³-hybridized carbons (Fsp3) is 0.400. The van der Waals surface area contributed by atoms with Crippen molar-refractivity contribution in [2.45, 2.75) is 39.3 Å². The van der Waals surface area contributed by atoms with E-state index in [9.17, 15) is 8.78 Å². The number of nitrogens with zero attached hydrogens (tertiary/aromatic N) is 2. The lowest BCUT2D eigenvalue weighted by Gasteiger charge is -2.17. The molecule has 0 saturated carbocycles. The van der Waals surface area contributed by atoms with Crippen molar-refractivity contribution in [3.8, 4) is 0 Å². The van der Waals surface area contributed by atoms with E-state index in [2.05, 4.69) is 10.5 Å². The molecule has 0 radical (unpaired) electrons. The largest absolute Gasteiger partial charge is 0.271 e. The van der Waals surface area contributed by atoms with Crippen LogP contribution in [0.5, 0.6) is 0 Å². The third kappa shape index (κ3) is 3.65. The van der Waals surface area contributed by atoms with Crippen LogP contribution >= 0.6 is 0 Å². The van der Waals surface area contributed by atoms with Crippen LogP contribution < -0.4 is 11.3 Å². The molecule has 1 unspecified atom stereocenters. The molecular formula is C15H20F2N4. The zero-order valence-electron chi connectivity index (χ0n) is 12.2. The molecule has 1 aromatic carbocycles. The van der Waals surface area contributed by atoms with E-state index < -0.39 is 11.6 Å². The number of benzene rings is 1. The van der Waals surface area contributed by atoms with E-state index in [1.165, 1.54) is 12.1 Å². The average molecular weight is 294 g/mol. The summed E-state index contributed by atoms with van der Waals surface area (Å²) in [7, 11) is 0. The molecule has 3 N–H and O–H groups in total. The average Bonchev–Trinajstić information content (AvgIpc) is 2.85. The van der Waals surface area contributed by atoms with Gasteiger partial charge in [0.1, 0.15) is 11.6 Å². The Morgan fingerprint density at radius 2 is 1.86 bits per heavy atom. The standard InChI is InChI=1S/C15H20F2N4/c1-3-13-8-14(21(4-2)20-13)9-15(19-18)10-5-11(16)7-12(17)6-10/h5-8,15,19H,3-4,9,18H2,1-2H3. The van der Waals surface area contributed by atoms with Crippen LogP contribution in [0.1, 0.15) is 36.8 Å². The van der Waals surface area contributed by atoms with Gasteiger partial charge in [-0.05, 0) is 37.1 Å². The van der Waals surface area contributed by atoms with Gasteiger partial charge >= 0.3 is 0 Å². The molecule has 0 amide bonds. The van der Waals surface area contributed by atoms with Crippen LogP contribution in [0.2, 0.25) is 0 Å². The Hall–Kier alpha value is -1.79. The number of rotatable bonds is 6. The zero-order valence-corrected chi connectivity index (χ0v) is 12.2. The monoisotopic (exact) mass is 294 g/mol. The van der Waals surface area contributed by atoms with Crippen molar-refractivity contribution in [3.05, 3.63) is 52.9 Å². The van der Waals surface area contributed by atoms with E-state index in [4.69, 9.17) is 5.84 Å². The van der Waals surface area contributed by atoms with Crippen molar-refractivity contribution in [3.63, 3.8) is 0 Å². The molecule has 0 saturated heterocycles. The first-order valence-corrected chi connectivity index (χ1v) is 7.05. The Morgan fingerprint density at radius 3 is 2.38 bits per heavy atom. The van der Waals surface area contributed by atoms with Gasteiger partial charge in [0.15, 0.2) is 0 Å². The first kappa shape index (κ1) is 15.6. The summed E-state index contributed by atoms with van der Waals surface area (Å²) in [5.41, 5.74) is 5.09. The molecule has 6 heteroatoms. The predicted molar refractivity (Wildman–Crippen MR) is 77.4 cm³/mol. The highest BCUT2D eigenvalue weighted by atomic mass is 19.1. The predicted octanol–water partition coefficient (Wildman–Crippen LogP) is 2.49. The molecule has 0 fully saturated rings. The lowest BCUT2D eigenvalue weighted by Crippen LogP contribution is -2.30. The quantitative estimate of drug-likeness (QED) is 0.636. The highest BCUT2D eigenvalue weighted by molar-refractivity contribution is 5.24. The van der Waals surface area contributed by atoms with E-state index in [0.717, 1.165) is 30.4 Å². The second-order valence-electron chi connectivity index (χ2n) is 4.92. The molecule has 0 bridgehead atoms. The molecule has 4 nitrogen and oxygen atoms in total. The van der Waals surface area contributed by atoms with Gasteiger partial charge in [0, 0.05) is 24.7 Å². The summed E-state index contributed by atoms with van der Waals surface area (Å²) in [6.07, 6.45) is 1.36. The van der Waals surface area contributed by atoms with Crippen molar-refractivity contribution >= 4 is 0 Å². The van der Waals surface area contributed by atoms with E-state index in [1.807, 2.05) is 24.6 Å². The summed E-state index contributed by atoms with van der Waals surface area (Å²) in [6, 6.07) is 5.07. The first-order chi connectivity index (χ1) is 10.1. The maximum absolute atomic E-state index is 13.3. The molecule has 2 aromatic rings. The summed E-state index contributed by atoms with van der Waals surface area (Å²) in [4.78, 5) is 0.